The normalized spacial score (nSPS) is 16.7. The maximum absolute atomic E-state index is 13.3. The molecule has 0 bridgehead atoms. The first-order valence-corrected chi connectivity index (χ1v) is 11.0. The SMILES string of the molecule is COCCn1nc(C(=O)N2CCN(Cc3ccc(OC)cc3OC)CC2)c2c1CCOC2. The van der Waals surface area contributed by atoms with Crippen LogP contribution in [0.1, 0.15) is 27.3 Å². The lowest BCUT2D eigenvalue weighted by Gasteiger charge is -2.34. The van der Waals surface area contributed by atoms with Crippen molar-refractivity contribution in [1.82, 2.24) is 19.6 Å². The topological polar surface area (TPSA) is 78.3 Å². The summed E-state index contributed by atoms with van der Waals surface area (Å²) in [6.07, 6.45) is 0.775. The number of ether oxygens (including phenoxy) is 4. The number of carbonyl (C=O) groups excluding carboxylic acids is 1. The zero-order valence-electron chi connectivity index (χ0n) is 19.1. The van der Waals surface area contributed by atoms with Crippen molar-refractivity contribution in [3.63, 3.8) is 0 Å². The van der Waals surface area contributed by atoms with E-state index in [1.54, 1.807) is 21.3 Å². The van der Waals surface area contributed by atoms with Gasteiger partial charge in [0.15, 0.2) is 5.69 Å². The van der Waals surface area contributed by atoms with Crippen LogP contribution in [-0.2, 0) is 35.6 Å². The third kappa shape index (κ3) is 4.74. The number of methoxy groups -OCH3 is 3. The molecular weight excluding hydrogens is 412 g/mol. The van der Waals surface area contributed by atoms with E-state index in [1.165, 1.54) is 0 Å². The van der Waals surface area contributed by atoms with Crippen LogP contribution in [0.5, 0.6) is 11.5 Å². The molecule has 4 rings (SSSR count). The van der Waals surface area contributed by atoms with Crippen molar-refractivity contribution in [3.8, 4) is 11.5 Å². The minimum absolute atomic E-state index is 0.00963. The average molecular weight is 445 g/mol. The van der Waals surface area contributed by atoms with Gasteiger partial charge >= 0.3 is 0 Å². The molecular formula is C23H32N4O5. The summed E-state index contributed by atoms with van der Waals surface area (Å²) in [7, 11) is 4.99. The number of benzene rings is 1. The van der Waals surface area contributed by atoms with Crippen LogP contribution >= 0.6 is 0 Å². The quantitative estimate of drug-likeness (QED) is 0.612. The Kier molecular flexibility index (Phi) is 7.29. The lowest BCUT2D eigenvalue weighted by Crippen LogP contribution is -2.48. The predicted octanol–water partition coefficient (Wildman–Crippen LogP) is 1.58. The second-order valence-electron chi connectivity index (χ2n) is 8.04. The molecule has 1 aromatic carbocycles. The highest BCUT2D eigenvalue weighted by atomic mass is 16.5. The van der Waals surface area contributed by atoms with Crippen LogP contribution < -0.4 is 9.47 Å². The number of nitrogens with zero attached hydrogens (tertiary/aromatic N) is 4. The van der Waals surface area contributed by atoms with Crippen molar-refractivity contribution in [2.24, 2.45) is 0 Å². The van der Waals surface area contributed by atoms with Gasteiger partial charge in [0.25, 0.3) is 5.91 Å². The summed E-state index contributed by atoms with van der Waals surface area (Å²) in [4.78, 5) is 17.5. The zero-order chi connectivity index (χ0) is 22.5. The Morgan fingerprint density at radius 3 is 2.66 bits per heavy atom. The van der Waals surface area contributed by atoms with Crippen molar-refractivity contribution >= 4 is 5.91 Å². The lowest BCUT2D eigenvalue weighted by molar-refractivity contribution is 0.0611. The van der Waals surface area contributed by atoms with Gasteiger partial charge in [-0.1, -0.05) is 6.07 Å². The Morgan fingerprint density at radius 1 is 1.12 bits per heavy atom. The van der Waals surface area contributed by atoms with Gasteiger partial charge in [-0.3, -0.25) is 14.4 Å². The van der Waals surface area contributed by atoms with E-state index in [9.17, 15) is 4.79 Å². The molecule has 0 atom stereocenters. The molecule has 2 aromatic rings. The van der Waals surface area contributed by atoms with E-state index in [0.717, 1.165) is 54.4 Å². The van der Waals surface area contributed by atoms with E-state index in [2.05, 4.69) is 10.00 Å². The van der Waals surface area contributed by atoms with Gasteiger partial charge in [0.2, 0.25) is 0 Å². The third-order valence-electron chi connectivity index (χ3n) is 6.15. The van der Waals surface area contributed by atoms with Crippen molar-refractivity contribution in [1.29, 1.82) is 0 Å². The van der Waals surface area contributed by atoms with Gasteiger partial charge in [-0.15, -0.1) is 0 Å². The first kappa shape index (κ1) is 22.6. The second-order valence-corrected chi connectivity index (χ2v) is 8.04. The van der Waals surface area contributed by atoms with Crippen LogP contribution in [-0.4, -0.2) is 86.2 Å². The van der Waals surface area contributed by atoms with E-state index in [4.69, 9.17) is 18.9 Å². The highest BCUT2D eigenvalue weighted by molar-refractivity contribution is 5.94. The molecule has 0 aliphatic carbocycles. The Morgan fingerprint density at radius 2 is 1.94 bits per heavy atom. The number of rotatable bonds is 8. The number of piperazine rings is 1. The molecule has 0 radical (unpaired) electrons. The van der Waals surface area contributed by atoms with Crippen LogP contribution in [0.2, 0.25) is 0 Å². The molecule has 0 saturated carbocycles. The van der Waals surface area contributed by atoms with Crippen LogP contribution in [0.15, 0.2) is 18.2 Å². The van der Waals surface area contributed by atoms with Crippen LogP contribution in [0, 0.1) is 0 Å². The van der Waals surface area contributed by atoms with Crippen LogP contribution in [0.3, 0.4) is 0 Å². The number of amides is 1. The monoisotopic (exact) mass is 444 g/mol. The second kappa shape index (κ2) is 10.3. The van der Waals surface area contributed by atoms with Crippen molar-refractivity contribution in [2.45, 2.75) is 26.1 Å². The molecule has 3 heterocycles. The fourth-order valence-electron chi connectivity index (χ4n) is 4.33. The maximum atomic E-state index is 13.3. The Bertz CT molecular complexity index is 937. The molecule has 2 aliphatic rings. The van der Waals surface area contributed by atoms with E-state index < -0.39 is 0 Å². The minimum atomic E-state index is -0.00963. The molecule has 0 N–H and O–H groups in total. The molecule has 2 aliphatic heterocycles. The summed E-state index contributed by atoms with van der Waals surface area (Å²) in [5, 5.41) is 4.65. The highest BCUT2D eigenvalue weighted by Crippen LogP contribution is 2.27. The van der Waals surface area contributed by atoms with Gasteiger partial charge in [0.05, 0.1) is 40.6 Å². The largest absolute Gasteiger partial charge is 0.497 e. The summed E-state index contributed by atoms with van der Waals surface area (Å²) in [5.41, 5.74) is 3.67. The van der Waals surface area contributed by atoms with Gasteiger partial charge in [0, 0.05) is 69.1 Å². The fourth-order valence-corrected chi connectivity index (χ4v) is 4.33. The fraction of sp³-hybridized carbons (Fsp3) is 0.565. The molecule has 9 nitrogen and oxygen atoms in total. The Balaban J connectivity index is 1.40. The molecule has 1 saturated heterocycles. The van der Waals surface area contributed by atoms with E-state index in [1.807, 2.05) is 27.8 Å². The van der Waals surface area contributed by atoms with Crippen LogP contribution in [0.25, 0.3) is 0 Å². The standard InChI is InChI=1S/C23H32N4O5/c1-29-13-11-27-20-6-12-32-16-19(20)22(24-27)23(28)26-9-7-25(8-10-26)15-17-4-5-18(30-2)14-21(17)31-3/h4-5,14H,6-13,15-16H2,1-3H3. The highest BCUT2D eigenvalue weighted by Gasteiger charge is 2.30. The number of hydrogen-bond acceptors (Lipinski definition) is 7. The summed E-state index contributed by atoms with van der Waals surface area (Å²) < 4.78 is 23.6. The first-order chi connectivity index (χ1) is 15.6. The Labute approximate surface area is 188 Å². The first-order valence-electron chi connectivity index (χ1n) is 11.0. The number of hydrogen-bond donors (Lipinski definition) is 0. The minimum Gasteiger partial charge on any atom is -0.497 e. The molecule has 1 amide bonds. The molecule has 9 heteroatoms. The van der Waals surface area contributed by atoms with E-state index in [-0.39, 0.29) is 5.91 Å². The number of fused-ring (bicyclic) bond motifs is 1. The van der Waals surface area contributed by atoms with Gasteiger partial charge in [0.1, 0.15) is 11.5 Å². The lowest BCUT2D eigenvalue weighted by atomic mass is 10.1. The summed E-state index contributed by atoms with van der Waals surface area (Å²) >= 11 is 0. The smallest absolute Gasteiger partial charge is 0.274 e. The van der Waals surface area contributed by atoms with Crippen LogP contribution in [0.4, 0.5) is 0 Å². The Hall–Kier alpha value is -2.62. The molecule has 174 valence electrons. The molecule has 1 aromatic heterocycles. The van der Waals surface area contributed by atoms with Gasteiger partial charge < -0.3 is 23.8 Å². The average Bonchev–Trinajstić information content (AvgIpc) is 3.21. The summed E-state index contributed by atoms with van der Waals surface area (Å²) in [6.45, 7) is 6.00. The number of carbonyl (C=O) groups is 1. The van der Waals surface area contributed by atoms with Crippen molar-refractivity contribution in [2.75, 3.05) is 60.7 Å². The van der Waals surface area contributed by atoms with Crippen molar-refractivity contribution < 1.29 is 23.7 Å². The van der Waals surface area contributed by atoms with Gasteiger partial charge in [-0.05, 0) is 6.07 Å². The zero-order valence-corrected chi connectivity index (χ0v) is 19.1. The maximum Gasteiger partial charge on any atom is 0.274 e. The molecule has 0 spiro atoms. The van der Waals surface area contributed by atoms with Gasteiger partial charge in [-0.2, -0.15) is 5.10 Å². The molecule has 1 fully saturated rings. The summed E-state index contributed by atoms with van der Waals surface area (Å²) in [5.74, 6) is 1.58. The summed E-state index contributed by atoms with van der Waals surface area (Å²) in [6, 6.07) is 5.89. The van der Waals surface area contributed by atoms with Gasteiger partial charge in [-0.25, -0.2) is 0 Å². The van der Waals surface area contributed by atoms with Crippen molar-refractivity contribution in [3.05, 3.63) is 40.7 Å². The van der Waals surface area contributed by atoms with E-state index in [0.29, 0.717) is 45.1 Å². The van der Waals surface area contributed by atoms with E-state index >= 15 is 0 Å². The molecule has 0 unspecified atom stereocenters. The molecule has 32 heavy (non-hydrogen) atoms. The number of aromatic nitrogens is 2. The third-order valence-corrected chi connectivity index (χ3v) is 6.15. The predicted molar refractivity (Wildman–Crippen MR) is 118 cm³/mol.